The van der Waals surface area contributed by atoms with Crippen molar-refractivity contribution >= 4 is 32.6 Å². The third-order valence-corrected chi connectivity index (χ3v) is 8.00. The fourth-order valence-corrected chi connectivity index (χ4v) is 6.56. The maximum absolute atomic E-state index is 2.42. The monoisotopic (exact) mass is 471 g/mol. The van der Waals surface area contributed by atoms with Gasteiger partial charge in [0.15, 0.2) is 0 Å². The van der Waals surface area contributed by atoms with E-state index in [1.54, 1.807) is 0 Å². The van der Waals surface area contributed by atoms with Crippen LogP contribution in [0.4, 0.5) is 0 Å². The number of para-hydroxylation sites is 1. The van der Waals surface area contributed by atoms with Gasteiger partial charge in [-0.2, -0.15) is 0 Å². The predicted molar refractivity (Wildman–Crippen MR) is 158 cm³/mol. The Bertz CT molecular complexity index is 2000. The molecule has 0 aliphatic heterocycles. The van der Waals surface area contributed by atoms with Gasteiger partial charge >= 0.3 is 0 Å². The van der Waals surface area contributed by atoms with Crippen molar-refractivity contribution in [2.24, 2.45) is 0 Å². The lowest BCUT2D eigenvalue weighted by atomic mass is 9.93. The number of fused-ring (bicyclic) bond motifs is 6. The van der Waals surface area contributed by atoms with Gasteiger partial charge in [-0.1, -0.05) is 84.9 Å². The molecule has 1 aromatic heterocycles. The smallest absolute Gasteiger partial charge is 0.0541 e. The molecule has 1 heterocycles. The third-order valence-electron chi connectivity index (χ3n) is 8.00. The van der Waals surface area contributed by atoms with Crippen LogP contribution < -0.4 is 0 Å². The van der Waals surface area contributed by atoms with Crippen molar-refractivity contribution in [1.82, 2.24) is 4.57 Å². The minimum Gasteiger partial charge on any atom is -0.309 e. The highest BCUT2D eigenvalue weighted by atomic mass is 15.0. The molecule has 0 saturated heterocycles. The molecule has 0 saturated carbocycles. The van der Waals surface area contributed by atoms with Crippen LogP contribution in [0.2, 0.25) is 0 Å². The Labute approximate surface area is 216 Å². The van der Waals surface area contributed by atoms with E-state index in [0.717, 1.165) is 0 Å². The summed E-state index contributed by atoms with van der Waals surface area (Å²) in [5.74, 6) is 0. The van der Waals surface area contributed by atoms with E-state index in [2.05, 4.69) is 134 Å². The van der Waals surface area contributed by atoms with Gasteiger partial charge in [0.25, 0.3) is 0 Å². The topological polar surface area (TPSA) is 4.93 Å². The lowest BCUT2D eigenvalue weighted by Gasteiger charge is -2.12. The summed E-state index contributed by atoms with van der Waals surface area (Å²) < 4.78 is 2.42. The van der Waals surface area contributed by atoms with Gasteiger partial charge in [0, 0.05) is 16.5 Å². The van der Waals surface area contributed by atoms with Gasteiger partial charge in [0.2, 0.25) is 0 Å². The van der Waals surface area contributed by atoms with Gasteiger partial charge in [0.1, 0.15) is 0 Å². The van der Waals surface area contributed by atoms with Crippen LogP contribution in [0.25, 0.3) is 71.6 Å². The van der Waals surface area contributed by atoms with Crippen molar-refractivity contribution in [2.75, 3.05) is 0 Å². The summed E-state index contributed by atoms with van der Waals surface area (Å²) in [5, 5.41) is 5.28. The number of aryl methyl sites for hydroxylation is 2. The molecule has 7 aromatic rings. The van der Waals surface area contributed by atoms with E-state index in [4.69, 9.17) is 0 Å². The van der Waals surface area contributed by atoms with Crippen molar-refractivity contribution < 1.29 is 0 Å². The van der Waals surface area contributed by atoms with E-state index in [1.165, 1.54) is 82.8 Å². The van der Waals surface area contributed by atoms with Gasteiger partial charge in [-0.3, -0.25) is 0 Å². The van der Waals surface area contributed by atoms with Crippen LogP contribution in [0.3, 0.4) is 0 Å². The molecule has 0 atom stereocenters. The molecule has 0 spiro atoms. The molecule has 0 amide bonds. The van der Waals surface area contributed by atoms with E-state index in [0.29, 0.717) is 0 Å². The van der Waals surface area contributed by atoms with Crippen molar-refractivity contribution in [1.29, 1.82) is 0 Å². The average molecular weight is 472 g/mol. The first-order valence-electron chi connectivity index (χ1n) is 13.0. The SMILES string of the molecule is Cc1cc(C)cc(-n2c3ccccc3c3cc(-c4ccc5c6c(cccc46)-c4ccccc4-5)ccc32)c1. The Kier molecular flexibility index (Phi) is 4.14. The maximum atomic E-state index is 2.42. The summed E-state index contributed by atoms with van der Waals surface area (Å²) in [6, 6.07) is 42.8. The molecule has 1 aliphatic rings. The molecule has 1 aliphatic carbocycles. The summed E-state index contributed by atoms with van der Waals surface area (Å²) in [6.07, 6.45) is 0. The van der Waals surface area contributed by atoms with Gasteiger partial charge < -0.3 is 4.57 Å². The minimum atomic E-state index is 1.22. The summed E-state index contributed by atoms with van der Waals surface area (Å²) in [4.78, 5) is 0. The average Bonchev–Trinajstić information content (AvgIpc) is 3.42. The van der Waals surface area contributed by atoms with E-state index in [1.807, 2.05) is 0 Å². The standard InChI is InChI=1S/C36H25N/c1-22-18-23(2)20-25(19-22)37-34-13-6-5-10-29(34)33-21-24(14-17-35(33)37)26-15-16-32-28-9-4-3-8-27(28)31-12-7-11-30(26)36(31)32/h3-21H,1-2H3. The Morgan fingerprint density at radius 1 is 0.432 bits per heavy atom. The van der Waals surface area contributed by atoms with Crippen molar-refractivity contribution in [3.05, 3.63) is 126 Å². The largest absolute Gasteiger partial charge is 0.309 e. The Morgan fingerprint density at radius 3 is 1.86 bits per heavy atom. The minimum absolute atomic E-state index is 1.22. The molecule has 0 fully saturated rings. The van der Waals surface area contributed by atoms with Gasteiger partial charge in [-0.15, -0.1) is 0 Å². The molecule has 0 radical (unpaired) electrons. The molecule has 6 aromatic carbocycles. The summed E-state index contributed by atoms with van der Waals surface area (Å²) >= 11 is 0. The van der Waals surface area contributed by atoms with E-state index >= 15 is 0 Å². The Hall–Kier alpha value is -4.62. The molecule has 0 N–H and O–H groups in total. The first-order valence-corrected chi connectivity index (χ1v) is 13.0. The van der Waals surface area contributed by atoms with Crippen LogP contribution in [-0.4, -0.2) is 4.57 Å². The second-order valence-electron chi connectivity index (χ2n) is 10.4. The molecular formula is C36H25N. The van der Waals surface area contributed by atoms with Gasteiger partial charge in [-0.05, 0) is 99.5 Å². The molecule has 0 unspecified atom stereocenters. The molecule has 1 nitrogen and oxygen atoms in total. The molecule has 8 rings (SSSR count). The van der Waals surface area contributed by atoms with Gasteiger partial charge in [-0.25, -0.2) is 0 Å². The number of hydrogen-bond acceptors (Lipinski definition) is 0. The Morgan fingerprint density at radius 2 is 1.05 bits per heavy atom. The van der Waals surface area contributed by atoms with Gasteiger partial charge in [0.05, 0.1) is 11.0 Å². The van der Waals surface area contributed by atoms with Crippen LogP contribution in [-0.2, 0) is 0 Å². The fourth-order valence-electron chi connectivity index (χ4n) is 6.56. The van der Waals surface area contributed by atoms with Crippen LogP contribution >= 0.6 is 0 Å². The second-order valence-corrected chi connectivity index (χ2v) is 10.4. The zero-order valence-corrected chi connectivity index (χ0v) is 20.9. The van der Waals surface area contributed by atoms with E-state index in [-0.39, 0.29) is 0 Å². The number of hydrogen-bond donors (Lipinski definition) is 0. The zero-order chi connectivity index (χ0) is 24.7. The van der Waals surface area contributed by atoms with Crippen LogP contribution in [0.15, 0.2) is 115 Å². The quantitative estimate of drug-likeness (QED) is 0.236. The van der Waals surface area contributed by atoms with E-state index < -0.39 is 0 Å². The fraction of sp³-hybridized carbons (Fsp3) is 0.0556. The van der Waals surface area contributed by atoms with Crippen molar-refractivity contribution in [3.63, 3.8) is 0 Å². The zero-order valence-electron chi connectivity index (χ0n) is 20.9. The van der Waals surface area contributed by atoms with E-state index in [9.17, 15) is 0 Å². The lowest BCUT2D eigenvalue weighted by Crippen LogP contribution is -1.95. The summed E-state index contributed by atoms with van der Waals surface area (Å²) in [7, 11) is 0. The molecule has 1 heteroatoms. The van der Waals surface area contributed by atoms with Crippen LogP contribution in [0, 0.1) is 13.8 Å². The highest BCUT2D eigenvalue weighted by molar-refractivity contribution is 6.19. The summed E-state index contributed by atoms with van der Waals surface area (Å²) in [6.45, 7) is 4.35. The van der Waals surface area contributed by atoms with Crippen molar-refractivity contribution in [3.8, 4) is 39.1 Å². The molecule has 0 bridgehead atoms. The predicted octanol–water partition coefficient (Wildman–Crippen LogP) is 9.87. The van der Waals surface area contributed by atoms with Crippen LogP contribution in [0.5, 0.6) is 0 Å². The van der Waals surface area contributed by atoms with Crippen molar-refractivity contribution in [2.45, 2.75) is 13.8 Å². The highest BCUT2D eigenvalue weighted by Gasteiger charge is 2.22. The van der Waals surface area contributed by atoms with Crippen LogP contribution in [0.1, 0.15) is 11.1 Å². The molecule has 174 valence electrons. The molecular weight excluding hydrogens is 446 g/mol. The first-order chi connectivity index (χ1) is 18.2. The number of benzene rings is 6. The number of rotatable bonds is 2. The summed E-state index contributed by atoms with van der Waals surface area (Å²) in [5.41, 5.74) is 14.2. The Balaban J connectivity index is 1.40. The lowest BCUT2D eigenvalue weighted by molar-refractivity contribution is 1.16. The normalized spacial score (nSPS) is 12.1. The maximum Gasteiger partial charge on any atom is 0.0541 e. The number of aromatic nitrogens is 1. The highest BCUT2D eigenvalue weighted by Crippen LogP contribution is 2.49. The second kappa shape index (κ2) is 7.44. The number of nitrogens with zero attached hydrogens (tertiary/aromatic N) is 1. The third kappa shape index (κ3) is 2.86. The first kappa shape index (κ1) is 20.6. The molecule has 37 heavy (non-hydrogen) atoms.